The Morgan fingerprint density at radius 3 is 2.47 bits per heavy atom. The first-order valence-electron chi connectivity index (χ1n) is 13.1. The lowest BCUT2D eigenvalue weighted by Gasteiger charge is -2.39. The van der Waals surface area contributed by atoms with Gasteiger partial charge in [-0.25, -0.2) is 4.57 Å². The van der Waals surface area contributed by atoms with E-state index in [1.165, 1.54) is 87.8 Å². The first-order valence-corrected chi connectivity index (χ1v) is 13.1. The second kappa shape index (κ2) is 7.60. The zero-order chi connectivity index (χ0) is 23.8. The summed E-state index contributed by atoms with van der Waals surface area (Å²) in [6, 6.07) is 9.32. The fourth-order valence-electron chi connectivity index (χ4n) is 7.05. The molecule has 0 saturated heterocycles. The zero-order valence-electron chi connectivity index (χ0n) is 21.6. The second-order valence-electron chi connectivity index (χ2n) is 11.0. The van der Waals surface area contributed by atoms with Crippen LogP contribution in [0.5, 0.6) is 0 Å². The Hall–Kier alpha value is -2.81. The summed E-state index contributed by atoms with van der Waals surface area (Å²) in [6.07, 6.45) is 12.3. The van der Waals surface area contributed by atoms with E-state index in [1.54, 1.807) is 0 Å². The Morgan fingerprint density at radius 2 is 1.76 bits per heavy atom. The van der Waals surface area contributed by atoms with Crippen molar-refractivity contribution in [3.63, 3.8) is 0 Å². The number of benzene rings is 2. The molecule has 3 heterocycles. The maximum Gasteiger partial charge on any atom is 0.216 e. The van der Waals surface area contributed by atoms with E-state index in [1.807, 2.05) is 0 Å². The quantitative estimate of drug-likeness (QED) is 0.153. The molecular weight excluding hydrogens is 416 g/mol. The molecule has 6 rings (SSSR count). The fraction of sp³-hybridized carbons (Fsp3) is 0.452. The van der Waals surface area contributed by atoms with Crippen molar-refractivity contribution >= 4 is 43.7 Å². The molecule has 3 aromatic heterocycles. The Balaban J connectivity index is 1.62. The Morgan fingerprint density at radius 1 is 1.03 bits per heavy atom. The molecule has 0 spiro atoms. The highest BCUT2D eigenvalue weighted by Crippen LogP contribution is 2.48. The van der Waals surface area contributed by atoms with Crippen LogP contribution in [-0.4, -0.2) is 4.57 Å². The van der Waals surface area contributed by atoms with Crippen molar-refractivity contribution in [1.82, 2.24) is 4.57 Å². The highest BCUT2D eigenvalue weighted by atomic mass is 16.3. The molecule has 1 aliphatic carbocycles. The van der Waals surface area contributed by atoms with Crippen LogP contribution in [0.1, 0.15) is 75.0 Å². The maximum atomic E-state index is 6.83. The van der Waals surface area contributed by atoms with E-state index in [4.69, 9.17) is 4.42 Å². The van der Waals surface area contributed by atoms with Gasteiger partial charge in [-0.15, -0.1) is 0 Å². The van der Waals surface area contributed by atoms with E-state index in [0.29, 0.717) is 11.3 Å². The van der Waals surface area contributed by atoms with Crippen LogP contribution in [0.25, 0.3) is 43.7 Å². The molecule has 2 aromatic carbocycles. The van der Waals surface area contributed by atoms with E-state index >= 15 is 0 Å². The van der Waals surface area contributed by atoms with Gasteiger partial charge in [0.05, 0.1) is 16.3 Å². The summed E-state index contributed by atoms with van der Waals surface area (Å²) in [5.41, 5.74) is 9.20. The summed E-state index contributed by atoms with van der Waals surface area (Å²) < 4.78 is 11.4. The zero-order valence-corrected chi connectivity index (χ0v) is 21.6. The highest BCUT2D eigenvalue weighted by Gasteiger charge is 2.33. The number of aryl methyl sites for hydroxylation is 4. The third-order valence-corrected chi connectivity index (χ3v) is 9.46. The molecule has 34 heavy (non-hydrogen) atoms. The standard InChI is InChI=1S/C31H37N2O/c1-7-31(8-2)13-9-21(10-14-31)23-17-22-11-15-33(6)29-26-20(4)28-24(12-16-32(28)5)19(3)30(26)34-25(18-23)27(22)29/h11-12,15-18,21H,7-10,13-14H2,1-6H3/q+1. The molecule has 0 unspecified atom stereocenters. The van der Waals surface area contributed by atoms with Gasteiger partial charge in [0.2, 0.25) is 5.52 Å². The van der Waals surface area contributed by atoms with E-state index in [9.17, 15) is 0 Å². The van der Waals surface area contributed by atoms with Crippen LogP contribution in [0, 0.1) is 19.3 Å². The lowest BCUT2D eigenvalue weighted by molar-refractivity contribution is -0.642. The van der Waals surface area contributed by atoms with Gasteiger partial charge in [0.25, 0.3) is 0 Å². The molecule has 1 fully saturated rings. The normalized spacial score (nSPS) is 17.0. The summed E-state index contributed by atoms with van der Waals surface area (Å²) in [7, 11) is 4.31. The number of aromatic nitrogens is 2. The first-order chi connectivity index (χ1) is 16.4. The Kier molecular flexibility index (Phi) is 4.85. The van der Waals surface area contributed by atoms with Gasteiger partial charge in [-0.1, -0.05) is 32.8 Å². The number of rotatable bonds is 3. The monoisotopic (exact) mass is 453 g/mol. The molecular formula is C31H37N2O+. The lowest BCUT2D eigenvalue weighted by atomic mass is 9.66. The van der Waals surface area contributed by atoms with Crippen molar-refractivity contribution in [2.24, 2.45) is 19.5 Å². The summed E-state index contributed by atoms with van der Waals surface area (Å²) in [5.74, 6) is 0.633. The number of nitrogens with zero attached hydrogens (tertiary/aromatic N) is 2. The Labute approximate surface area is 202 Å². The van der Waals surface area contributed by atoms with Gasteiger partial charge in [0.15, 0.2) is 6.20 Å². The molecule has 0 amide bonds. The molecule has 0 bridgehead atoms. The first kappa shape index (κ1) is 21.7. The molecule has 3 heteroatoms. The van der Waals surface area contributed by atoms with Crippen molar-refractivity contribution in [2.45, 2.75) is 72.1 Å². The van der Waals surface area contributed by atoms with Gasteiger partial charge >= 0.3 is 0 Å². The minimum absolute atomic E-state index is 0.563. The van der Waals surface area contributed by atoms with E-state index in [-0.39, 0.29) is 0 Å². The highest BCUT2D eigenvalue weighted by molar-refractivity contribution is 6.19. The molecule has 176 valence electrons. The van der Waals surface area contributed by atoms with Gasteiger partial charge in [0.1, 0.15) is 18.2 Å². The predicted octanol–water partition coefficient (Wildman–Crippen LogP) is 8.14. The summed E-state index contributed by atoms with van der Waals surface area (Å²) >= 11 is 0. The third-order valence-electron chi connectivity index (χ3n) is 9.46. The molecule has 0 radical (unpaired) electrons. The molecule has 5 aromatic rings. The Bertz CT molecular complexity index is 1570. The molecule has 0 N–H and O–H groups in total. The molecule has 1 saturated carbocycles. The lowest BCUT2D eigenvalue weighted by Crippen LogP contribution is -2.25. The summed E-state index contributed by atoms with van der Waals surface area (Å²) in [4.78, 5) is 0. The van der Waals surface area contributed by atoms with Gasteiger partial charge in [-0.05, 0) is 73.9 Å². The second-order valence-corrected chi connectivity index (χ2v) is 11.0. The van der Waals surface area contributed by atoms with Crippen molar-refractivity contribution in [3.05, 3.63) is 53.3 Å². The van der Waals surface area contributed by atoms with Gasteiger partial charge in [-0.3, -0.25) is 0 Å². The number of fused-ring (bicyclic) bond motifs is 3. The molecule has 0 aliphatic heterocycles. The molecule has 1 aliphatic rings. The largest absolute Gasteiger partial charge is 0.456 e. The number of pyridine rings is 1. The van der Waals surface area contributed by atoms with Crippen LogP contribution in [0.15, 0.2) is 41.1 Å². The van der Waals surface area contributed by atoms with Crippen molar-refractivity contribution in [1.29, 1.82) is 0 Å². The number of hydrogen-bond acceptors (Lipinski definition) is 1. The average molecular weight is 454 g/mol. The smallest absolute Gasteiger partial charge is 0.216 e. The maximum absolute atomic E-state index is 6.83. The molecule has 0 atom stereocenters. The van der Waals surface area contributed by atoms with Crippen LogP contribution < -0.4 is 4.57 Å². The van der Waals surface area contributed by atoms with Crippen LogP contribution >= 0.6 is 0 Å². The van der Waals surface area contributed by atoms with Crippen LogP contribution in [-0.2, 0) is 14.1 Å². The van der Waals surface area contributed by atoms with E-state index in [2.05, 4.69) is 87.6 Å². The van der Waals surface area contributed by atoms with E-state index < -0.39 is 0 Å². The third kappa shape index (κ3) is 2.92. The van der Waals surface area contributed by atoms with Gasteiger partial charge in [0, 0.05) is 35.8 Å². The fourth-order valence-corrected chi connectivity index (χ4v) is 7.05. The summed E-state index contributed by atoms with van der Waals surface area (Å²) in [5, 5.41) is 5.09. The SMILES string of the molecule is CCC1(CC)CCC(c2cc3ccn(C)c4c5c(C)c6c(cc[n+]6C)c(C)c5oc(c2)c34)CC1. The molecule has 3 nitrogen and oxygen atoms in total. The predicted molar refractivity (Wildman–Crippen MR) is 143 cm³/mol. The minimum atomic E-state index is 0.563. The van der Waals surface area contributed by atoms with E-state index in [0.717, 1.165) is 11.2 Å². The van der Waals surface area contributed by atoms with Gasteiger partial charge < -0.3 is 8.98 Å². The van der Waals surface area contributed by atoms with Crippen molar-refractivity contribution in [2.75, 3.05) is 0 Å². The topological polar surface area (TPSA) is 21.9 Å². The number of hydrogen-bond donors (Lipinski definition) is 0. The summed E-state index contributed by atoms with van der Waals surface area (Å²) in [6.45, 7) is 9.22. The average Bonchev–Trinajstić information content (AvgIpc) is 3.25. The van der Waals surface area contributed by atoms with Crippen molar-refractivity contribution < 1.29 is 8.98 Å². The van der Waals surface area contributed by atoms with Crippen LogP contribution in [0.4, 0.5) is 0 Å². The van der Waals surface area contributed by atoms with Crippen molar-refractivity contribution in [3.8, 4) is 0 Å². The van der Waals surface area contributed by atoms with Crippen LogP contribution in [0.2, 0.25) is 0 Å². The minimum Gasteiger partial charge on any atom is -0.456 e. The van der Waals surface area contributed by atoms with Crippen LogP contribution in [0.3, 0.4) is 0 Å². The van der Waals surface area contributed by atoms with Gasteiger partial charge in [-0.2, -0.15) is 0 Å².